The smallest absolute Gasteiger partial charge is 0.220 e. The summed E-state index contributed by atoms with van der Waals surface area (Å²) >= 11 is 0. The van der Waals surface area contributed by atoms with Gasteiger partial charge >= 0.3 is 0 Å². The van der Waals surface area contributed by atoms with Gasteiger partial charge in [0.2, 0.25) is 5.91 Å². The van der Waals surface area contributed by atoms with Gasteiger partial charge in [0, 0.05) is 6.42 Å². The average molecular weight is 186 g/mol. The van der Waals surface area contributed by atoms with Gasteiger partial charge in [0.25, 0.3) is 0 Å². The van der Waals surface area contributed by atoms with Crippen LogP contribution in [-0.2, 0) is 4.79 Å². The Morgan fingerprint density at radius 3 is 2.77 bits per heavy atom. The molecule has 1 fully saturated rings. The first-order valence-corrected chi connectivity index (χ1v) is 4.87. The Bertz CT molecular complexity index is 165. The zero-order chi connectivity index (χ0) is 9.68. The lowest BCUT2D eigenvalue weighted by atomic mass is 9.99. The van der Waals surface area contributed by atoms with Crippen LogP contribution in [0.25, 0.3) is 0 Å². The van der Waals surface area contributed by atoms with Gasteiger partial charge in [-0.05, 0) is 25.4 Å². The summed E-state index contributed by atoms with van der Waals surface area (Å²) in [4.78, 5) is 11.3. The van der Waals surface area contributed by atoms with E-state index in [9.17, 15) is 4.79 Å². The lowest BCUT2D eigenvalue weighted by molar-refractivity contribution is -0.123. The van der Waals surface area contributed by atoms with Crippen LogP contribution in [0.5, 0.6) is 0 Å². The second kappa shape index (κ2) is 5.19. The quantitative estimate of drug-likeness (QED) is 0.541. The Morgan fingerprint density at radius 1 is 1.69 bits per heavy atom. The number of carbonyl (C=O) groups is 1. The largest absolute Gasteiger partial charge is 0.394 e. The van der Waals surface area contributed by atoms with E-state index in [0.717, 1.165) is 19.5 Å². The van der Waals surface area contributed by atoms with Crippen LogP contribution >= 0.6 is 0 Å². The minimum atomic E-state index is -0.0689. The fourth-order valence-corrected chi connectivity index (χ4v) is 1.32. The third-order valence-corrected chi connectivity index (χ3v) is 2.42. The molecule has 0 unspecified atom stereocenters. The van der Waals surface area contributed by atoms with Gasteiger partial charge in [0.1, 0.15) is 0 Å². The second-order valence-electron chi connectivity index (χ2n) is 3.58. The van der Waals surface area contributed by atoms with Gasteiger partial charge in [-0.3, -0.25) is 4.79 Å². The van der Waals surface area contributed by atoms with Crippen molar-refractivity contribution < 1.29 is 9.90 Å². The summed E-state index contributed by atoms with van der Waals surface area (Å²) in [6.07, 6.45) is 1.37. The fourth-order valence-electron chi connectivity index (χ4n) is 1.32. The molecule has 13 heavy (non-hydrogen) atoms. The van der Waals surface area contributed by atoms with Gasteiger partial charge in [-0.2, -0.15) is 0 Å². The summed E-state index contributed by atoms with van der Waals surface area (Å²) in [5.74, 6) is 0.559. The highest BCUT2D eigenvalue weighted by atomic mass is 16.3. The van der Waals surface area contributed by atoms with Crippen molar-refractivity contribution in [3.05, 3.63) is 0 Å². The van der Waals surface area contributed by atoms with Crippen molar-refractivity contribution in [1.29, 1.82) is 0 Å². The Hall–Kier alpha value is -0.610. The van der Waals surface area contributed by atoms with Crippen molar-refractivity contribution in [3.8, 4) is 0 Å². The Labute approximate surface area is 78.7 Å². The van der Waals surface area contributed by atoms with Crippen LogP contribution in [0.1, 0.15) is 19.8 Å². The molecule has 1 saturated heterocycles. The van der Waals surface area contributed by atoms with Gasteiger partial charge in [-0.15, -0.1) is 0 Å². The molecular formula is C9H18N2O2. The minimum absolute atomic E-state index is 0.0329. The maximum Gasteiger partial charge on any atom is 0.220 e. The molecule has 0 aliphatic carbocycles. The summed E-state index contributed by atoms with van der Waals surface area (Å²) in [5.41, 5.74) is 0. The molecule has 4 nitrogen and oxygen atoms in total. The molecule has 1 heterocycles. The first-order chi connectivity index (χ1) is 6.26. The topological polar surface area (TPSA) is 61.4 Å². The van der Waals surface area contributed by atoms with Gasteiger partial charge < -0.3 is 15.7 Å². The van der Waals surface area contributed by atoms with Crippen LogP contribution in [0.4, 0.5) is 0 Å². The fraction of sp³-hybridized carbons (Fsp3) is 0.889. The molecule has 1 atom stereocenters. The van der Waals surface area contributed by atoms with Crippen LogP contribution in [0.2, 0.25) is 0 Å². The number of rotatable bonds is 5. The number of aliphatic hydroxyl groups excluding tert-OH is 1. The van der Waals surface area contributed by atoms with Crippen LogP contribution in [0.15, 0.2) is 0 Å². The molecule has 4 heteroatoms. The summed E-state index contributed by atoms with van der Waals surface area (Å²) in [6, 6.07) is -0.0689. The van der Waals surface area contributed by atoms with E-state index >= 15 is 0 Å². The second-order valence-corrected chi connectivity index (χ2v) is 3.58. The van der Waals surface area contributed by atoms with Crippen LogP contribution < -0.4 is 10.6 Å². The van der Waals surface area contributed by atoms with E-state index in [-0.39, 0.29) is 18.6 Å². The lowest BCUT2D eigenvalue weighted by Crippen LogP contribution is -2.46. The summed E-state index contributed by atoms with van der Waals surface area (Å²) < 4.78 is 0. The molecule has 3 N–H and O–H groups in total. The maximum absolute atomic E-state index is 11.3. The Balaban J connectivity index is 2.14. The highest BCUT2D eigenvalue weighted by Gasteiger charge is 2.20. The van der Waals surface area contributed by atoms with Crippen molar-refractivity contribution >= 4 is 5.91 Å². The summed E-state index contributed by atoms with van der Waals surface area (Å²) in [7, 11) is 0. The third-order valence-electron chi connectivity index (χ3n) is 2.42. The number of amides is 1. The predicted octanol–water partition coefficient (Wildman–Crippen LogP) is -0.517. The third kappa shape index (κ3) is 3.32. The first-order valence-electron chi connectivity index (χ1n) is 4.87. The standard InChI is InChI=1S/C9H18N2O2/c1-2-8(6-12)11-9(13)3-7-4-10-5-7/h7-8,10,12H,2-6H2,1H3,(H,11,13)/t8-/m0/s1. The van der Waals surface area contributed by atoms with Crippen LogP contribution in [-0.4, -0.2) is 36.8 Å². The van der Waals surface area contributed by atoms with Gasteiger partial charge in [0.15, 0.2) is 0 Å². The van der Waals surface area contributed by atoms with E-state index in [0.29, 0.717) is 12.3 Å². The van der Waals surface area contributed by atoms with Crippen LogP contribution in [0.3, 0.4) is 0 Å². The Morgan fingerprint density at radius 2 is 2.38 bits per heavy atom. The normalized spacial score (nSPS) is 19.2. The molecule has 0 aromatic heterocycles. The zero-order valence-electron chi connectivity index (χ0n) is 8.05. The van der Waals surface area contributed by atoms with E-state index in [1.54, 1.807) is 0 Å². The summed E-state index contributed by atoms with van der Waals surface area (Å²) in [6.45, 7) is 3.88. The molecule has 0 bridgehead atoms. The molecular weight excluding hydrogens is 168 g/mol. The van der Waals surface area contributed by atoms with E-state index in [2.05, 4.69) is 10.6 Å². The first kappa shape index (κ1) is 10.5. The molecule has 1 rings (SSSR count). The van der Waals surface area contributed by atoms with Gasteiger partial charge in [-0.25, -0.2) is 0 Å². The molecule has 0 aromatic rings. The van der Waals surface area contributed by atoms with Crippen LogP contribution in [0, 0.1) is 5.92 Å². The summed E-state index contributed by atoms with van der Waals surface area (Å²) in [5, 5.41) is 14.8. The lowest BCUT2D eigenvalue weighted by Gasteiger charge is -2.27. The van der Waals surface area contributed by atoms with E-state index in [4.69, 9.17) is 5.11 Å². The van der Waals surface area contributed by atoms with Crippen molar-refractivity contribution in [2.24, 2.45) is 5.92 Å². The minimum Gasteiger partial charge on any atom is -0.394 e. The van der Waals surface area contributed by atoms with Gasteiger partial charge in [-0.1, -0.05) is 6.92 Å². The number of nitrogens with one attached hydrogen (secondary N) is 2. The number of hydrogen-bond donors (Lipinski definition) is 3. The van der Waals surface area contributed by atoms with E-state index in [1.807, 2.05) is 6.92 Å². The molecule has 0 radical (unpaired) electrons. The van der Waals surface area contributed by atoms with Crippen molar-refractivity contribution in [2.45, 2.75) is 25.8 Å². The van der Waals surface area contributed by atoms with Crippen molar-refractivity contribution in [1.82, 2.24) is 10.6 Å². The highest BCUT2D eigenvalue weighted by Crippen LogP contribution is 2.07. The Kier molecular flexibility index (Phi) is 4.18. The monoisotopic (exact) mass is 186 g/mol. The molecule has 1 amide bonds. The van der Waals surface area contributed by atoms with Crippen molar-refractivity contribution in [2.75, 3.05) is 19.7 Å². The average Bonchev–Trinajstić information content (AvgIpc) is 2.07. The molecule has 0 aromatic carbocycles. The SMILES string of the molecule is CC[C@@H](CO)NC(=O)CC1CNC1. The molecule has 1 aliphatic rings. The van der Waals surface area contributed by atoms with E-state index < -0.39 is 0 Å². The maximum atomic E-state index is 11.3. The molecule has 0 spiro atoms. The highest BCUT2D eigenvalue weighted by molar-refractivity contribution is 5.76. The van der Waals surface area contributed by atoms with E-state index in [1.165, 1.54) is 0 Å². The molecule has 1 aliphatic heterocycles. The van der Waals surface area contributed by atoms with Crippen molar-refractivity contribution in [3.63, 3.8) is 0 Å². The number of hydrogen-bond acceptors (Lipinski definition) is 3. The number of aliphatic hydroxyl groups is 1. The van der Waals surface area contributed by atoms with Gasteiger partial charge in [0.05, 0.1) is 12.6 Å². The predicted molar refractivity (Wildman–Crippen MR) is 50.3 cm³/mol. The molecule has 76 valence electrons. The molecule has 0 saturated carbocycles. The zero-order valence-corrected chi connectivity index (χ0v) is 8.05. The number of carbonyl (C=O) groups excluding carboxylic acids is 1.